The molecule has 8 heteroatoms. The van der Waals surface area contributed by atoms with E-state index in [4.69, 9.17) is 22.7 Å². The van der Waals surface area contributed by atoms with Crippen LogP contribution in [0.2, 0.25) is 5.02 Å². The number of amides is 2. The molecule has 1 aliphatic carbocycles. The van der Waals surface area contributed by atoms with E-state index in [-0.39, 0.29) is 47.6 Å². The van der Waals surface area contributed by atoms with Gasteiger partial charge in [0, 0.05) is 49.1 Å². The van der Waals surface area contributed by atoms with E-state index < -0.39 is 0 Å². The van der Waals surface area contributed by atoms with Gasteiger partial charge in [-0.1, -0.05) is 44.5 Å². The Morgan fingerprint density at radius 2 is 1.66 bits per heavy atom. The Hall–Kier alpha value is -2.28. The number of halogens is 1. The molecule has 2 saturated heterocycles. The van der Waals surface area contributed by atoms with Gasteiger partial charge in [-0.15, -0.1) is 0 Å². The van der Waals surface area contributed by atoms with Crippen LogP contribution in [0.25, 0.3) is 0 Å². The molecule has 1 saturated carbocycles. The second-order valence-electron chi connectivity index (χ2n) is 11.1. The zero-order chi connectivity index (χ0) is 25.3. The largest absolute Gasteiger partial charge is 0.370 e. The third-order valence-electron chi connectivity index (χ3n) is 8.27. The number of likely N-dealkylation sites (tertiary alicyclic amines) is 2. The van der Waals surface area contributed by atoms with Gasteiger partial charge < -0.3 is 20.4 Å². The summed E-state index contributed by atoms with van der Waals surface area (Å²) in [6.45, 7) is 8.49. The van der Waals surface area contributed by atoms with Crippen LogP contribution in [-0.4, -0.2) is 70.7 Å². The van der Waals surface area contributed by atoms with E-state index >= 15 is 0 Å². The lowest BCUT2D eigenvalue weighted by Crippen LogP contribution is -2.51. The number of nitrogens with zero attached hydrogens (tertiary/aromatic N) is 3. The van der Waals surface area contributed by atoms with Gasteiger partial charge in [-0.2, -0.15) is 0 Å². The average Bonchev–Trinajstić information content (AvgIpc) is 3.49. The summed E-state index contributed by atoms with van der Waals surface area (Å²) in [5.41, 5.74) is 6.85. The lowest BCUT2D eigenvalue weighted by molar-refractivity contribution is -0.142. The number of nitrogens with one attached hydrogen (secondary N) is 1. The van der Waals surface area contributed by atoms with Gasteiger partial charge in [-0.25, -0.2) is 0 Å². The van der Waals surface area contributed by atoms with Crippen molar-refractivity contribution in [2.75, 3.05) is 26.2 Å². The molecule has 3 unspecified atom stereocenters. The summed E-state index contributed by atoms with van der Waals surface area (Å²) in [7, 11) is 0. The van der Waals surface area contributed by atoms with E-state index in [1.807, 2.05) is 43.0 Å². The molecule has 7 nitrogen and oxygen atoms in total. The van der Waals surface area contributed by atoms with Gasteiger partial charge in [0.1, 0.15) is 0 Å². The number of guanidine groups is 1. The highest BCUT2D eigenvalue weighted by Crippen LogP contribution is 2.36. The van der Waals surface area contributed by atoms with E-state index in [1.54, 1.807) is 4.90 Å². The molecule has 0 aromatic heterocycles. The van der Waals surface area contributed by atoms with Crippen molar-refractivity contribution in [1.29, 1.82) is 5.41 Å². The van der Waals surface area contributed by atoms with Gasteiger partial charge >= 0.3 is 0 Å². The van der Waals surface area contributed by atoms with E-state index in [2.05, 4.69) is 11.8 Å². The molecule has 2 aliphatic heterocycles. The lowest BCUT2D eigenvalue weighted by atomic mass is 9.85. The van der Waals surface area contributed by atoms with Crippen molar-refractivity contribution in [3.63, 3.8) is 0 Å². The molecule has 3 aliphatic rings. The second kappa shape index (κ2) is 10.8. The Morgan fingerprint density at radius 1 is 1.00 bits per heavy atom. The highest BCUT2D eigenvalue weighted by Gasteiger charge is 2.44. The number of nitrogens with two attached hydrogens (primary N) is 1. The van der Waals surface area contributed by atoms with Crippen LogP contribution in [-0.2, 0) is 9.59 Å². The van der Waals surface area contributed by atoms with Crippen LogP contribution in [0.1, 0.15) is 64.4 Å². The van der Waals surface area contributed by atoms with Crippen LogP contribution in [0.4, 0.5) is 0 Å². The minimum Gasteiger partial charge on any atom is -0.370 e. The quantitative estimate of drug-likeness (QED) is 0.472. The molecular formula is C27H40ClN5O2. The second-order valence-corrected chi connectivity index (χ2v) is 11.5. The standard InChI is InChI=1S/C27H40ClN5O2/c1-17(2)25(34)33(21-10-4-18(3)5-11-21)22-12-13-31(14-22)26(35)24-16-32(27(29)30)15-23(24)19-6-8-20(28)9-7-19/h6-9,17-18,21-24H,4-5,10-16H2,1-3H3,(H3,29,30). The Kier molecular flexibility index (Phi) is 7.94. The van der Waals surface area contributed by atoms with Crippen LogP contribution in [0.15, 0.2) is 24.3 Å². The summed E-state index contributed by atoms with van der Waals surface area (Å²) in [4.78, 5) is 33.0. The van der Waals surface area contributed by atoms with E-state index in [0.717, 1.165) is 43.6 Å². The molecule has 3 atom stereocenters. The van der Waals surface area contributed by atoms with Gasteiger partial charge in [0.2, 0.25) is 11.8 Å². The molecule has 0 spiro atoms. The van der Waals surface area contributed by atoms with Crippen molar-refractivity contribution in [3.05, 3.63) is 34.9 Å². The normalized spacial score (nSPS) is 29.0. The van der Waals surface area contributed by atoms with E-state index in [1.165, 1.54) is 0 Å². The van der Waals surface area contributed by atoms with E-state index in [0.29, 0.717) is 31.2 Å². The van der Waals surface area contributed by atoms with Crippen molar-refractivity contribution in [2.24, 2.45) is 23.5 Å². The van der Waals surface area contributed by atoms with Gasteiger partial charge in [-0.3, -0.25) is 15.0 Å². The molecule has 1 aromatic carbocycles. The highest BCUT2D eigenvalue weighted by molar-refractivity contribution is 6.30. The number of benzene rings is 1. The number of carbonyl (C=O) groups excluding carboxylic acids is 2. The van der Waals surface area contributed by atoms with Gasteiger partial charge in [0.25, 0.3) is 0 Å². The van der Waals surface area contributed by atoms with Gasteiger partial charge in [-0.05, 0) is 55.7 Å². The topological polar surface area (TPSA) is 93.7 Å². The first-order chi connectivity index (χ1) is 16.7. The first kappa shape index (κ1) is 25.8. The fourth-order valence-corrected chi connectivity index (χ4v) is 6.30. The molecule has 3 fully saturated rings. The molecule has 0 bridgehead atoms. The number of rotatable bonds is 5. The Morgan fingerprint density at radius 3 is 2.26 bits per heavy atom. The number of hydrogen-bond acceptors (Lipinski definition) is 3. The Balaban J connectivity index is 1.50. The molecule has 1 aromatic rings. The van der Waals surface area contributed by atoms with Gasteiger partial charge in [0.05, 0.1) is 12.0 Å². The molecule has 192 valence electrons. The van der Waals surface area contributed by atoms with Gasteiger partial charge in [0.15, 0.2) is 5.96 Å². The van der Waals surface area contributed by atoms with Crippen LogP contribution in [0.5, 0.6) is 0 Å². The maximum absolute atomic E-state index is 13.8. The molecular weight excluding hydrogens is 462 g/mol. The molecule has 2 amide bonds. The van der Waals surface area contributed by atoms with Crippen LogP contribution in [0, 0.1) is 23.2 Å². The summed E-state index contributed by atoms with van der Waals surface area (Å²) >= 11 is 6.09. The van der Waals surface area contributed by atoms with Crippen LogP contribution < -0.4 is 5.73 Å². The summed E-state index contributed by atoms with van der Waals surface area (Å²) in [6, 6.07) is 7.99. The Labute approximate surface area is 214 Å². The zero-order valence-corrected chi connectivity index (χ0v) is 22.0. The predicted molar refractivity (Wildman–Crippen MR) is 139 cm³/mol. The fraction of sp³-hybridized carbons (Fsp3) is 0.667. The molecule has 4 rings (SSSR count). The maximum atomic E-state index is 13.8. The first-order valence-corrected chi connectivity index (χ1v) is 13.5. The SMILES string of the molecule is CC1CCC(N(C(=O)C(C)C)C2CCN(C(=O)C3CN(C(=N)N)CC3c3ccc(Cl)cc3)C2)CC1. The van der Waals surface area contributed by atoms with Crippen molar-refractivity contribution in [3.8, 4) is 0 Å². The monoisotopic (exact) mass is 501 g/mol. The van der Waals surface area contributed by atoms with Crippen molar-refractivity contribution in [1.82, 2.24) is 14.7 Å². The molecule has 35 heavy (non-hydrogen) atoms. The minimum absolute atomic E-state index is 0.00112. The summed E-state index contributed by atoms with van der Waals surface area (Å²) in [5, 5.41) is 8.59. The highest BCUT2D eigenvalue weighted by atomic mass is 35.5. The minimum atomic E-state index is -0.274. The average molecular weight is 502 g/mol. The maximum Gasteiger partial charge on any atom is 0.228 e. The van der Waals surface area contributed by atoms with Crippen molar-refractivity contribution >= 4 is 29.4 Å². The smallest absolute Gasteiger partial charge is 0.228 e. The third kappa shape index (κ3) is 5.60. The van der Waals surface area contributed by atoms with Crippen molar-refractivity contribution in [2.45, 2.75) is 70.9 Å². The zero-order valence-electron chi connectivity index (χ0n) is 21.3. The van der Waals surface area contributed by atoms with Crippen LogP contribution in [0.3, 0.4) is 0 Å². The third-order valence-corrected chi connectivity index (χ3v) is 8.52. The molecule has 3 N–H and O–H groups in total. The van der Waals surface area contributed by atoms with Crippen molar-refractivity contribution < 1.29 is 9.59 Å². The number of carbonyl (C=O) groups is 2. The molecule has 2 heterocycles. The summed E-state index contributed by atoms with van der Waals surface area (Å²) in [5.74, 6) is 0.669. The first-order valence-electron chi connectivity index (χ1n) is 13.1. The predicted octanol–water partition coefficient (Wildman–Crippen LogP) is 3.91. The summed E-state index contributed by atoms with van der Waals surface area (Å²) < 4.78 is 0. The van der Waals surface area contributed by atoms with Crippen LogP contribution >= 0.6 is 11.6 Å². The molecule has 0 radical (unpaired) electrons. The fourth-order valence-electron chi connectivity index (χ4n) is 6.18. The summed E-state index contributed by atoms with van der Waals surface area (Å²) in [6.07, 6.45) is 5.25. The Bertz CT molecular complexity index is 928. The number of hydrogen-bond donors (Lipinski definition) is 2. The lowest BCUT2D eigenvalue weighted by Gasteiger charge is -2.41. The van der Waals surface area contributed by atoms with E-state index in [9.17, 15) is 9.59 Å².